The molecule has 0 saturated carbocycles. The number of aromatic nitrogens is 2. The van der Waals surface area contributed by atoms with Gasteiger partial charge in [0.15, 0.2) is 11.6 Å². The molecule has 2 aromatic heterocycles. The highest BCUT2D eigenvalue weighted by molar-refractivity contribution is 8.00. The molecule has 1 amide bonds. The van der Waals surface area contributed by atoms with E-state index in [0.29, 0.717) is 44.1 Å². The molecule has 3 aromatic rings. The largest absolute Gasteiger partial charge is 0.466 e. The van der Waals surface area contributed by atoms with Gasteiger partial charge in [0.05, 0.1) is 29.6 Å². The molecule has 1 fully saturated rings. The molecule has 1 saturated heterocycles. The predicted octanol–water partition coefficient (Wildman–Crippen LogP) is 4.17. The Morgan fingerprint density at radius 2 is 1.97 bits per heavy atom. The average molecular weight is 440 g/mol. The van der Waals surface area contributed by atoms with Crippen LogP contribution in [-0.4, -0.2) is 51.7 Å². The SMILES string of the molecule is CCOC(=O)C1CCN(C(=O)C(C)Sc2nc(-c3ccco3)nc3ccccc23)CC1. The monoisotopic (exact) mass is 439 g/mol. The van der Waals surface area contributed by atoms with E-state index in [-0.39, 0.29) is 23.0 Å². The molecule has 0 spiro atoms. The maximum Gasteiger partial charge on any atom is 0.309 e. The van der Waals surface area contributed by atoms with Gasteiger partial charge in [-0.25, -0.2) is 9.97 Å². The second-order valence-corrected chi connectivity index (χ2v) is 8.79. The lowest BCUT2D eigenvalue weighted by atomic mass is 9.97. The van der Waals surface area contributed by atoms with Crippen LogP contribution in [0.1, 0.15) is 26.7 Å². The summed E-state index contributed by atoms with van der Waals surface area (Å²) in [4.78, 5) is 36.2. The first kappa shape index (κ1) is 21.4. The van der Waals surface area contributed by atoms with Crippen LogP contribution in [-0.2, 0) is 14.3 Å². The first-order valence-corrected chi connectivity index (χ1v) is 11.4. The van der Waals surface area contributed by atoms with Crippen molar-refractivity contribution in [3.05, 3.63) is 42.7 Å². The number of hydrogen-bond donors (Lipinski definition) is 0. The van der Waals surface area contributed by atoms with Crippen molar-refractivity contribution >= 4 is 34.5 Å². The van der Waals surface area contributed by atoms with E-state index in [9.17, 15) is 9.59 Å². The minimum absolute atomic E-state index is 0.0505. The Hall–Kier alpha value is -2.87. The zero-order chi connectivity index (χ0) is 21.8. The van der Waals surface area contributed by atoms with Gasteiger partial charge in [0.1, 0.15) is 5.03 Å². The normalized spacial score (nSPS) is 15.7. The van der Waals surface area contributed by atoms with Crippen molar-refractivity contribution in [2.24, 2.45) is 5.92 Å². The van der Waals surface area contributed by atoms with Crippen molar-refractivity contribution < 1.29 is 18.7 Å². The maximum absolute atomic E-state index is 13.1. The summed E-state index contributed by atoms with van der Waals surface area (Å²) in [6.45, 7) is 5.22. The number of fused-ring (bicyclic) bond motifs is 1. The Labute approximate surface area is 185 Å². The quantitative estimate of drug-likeness (QED) is 0.324. The second kappa shape index (κ2) is 9.51. The van der Waals surface area contributed by atoms with Crippen LogP contribution in [0, 0.1) is 5.92 Å². The van der Waals surface area contributed by atoms with E-state index >= 15 is 0 Å². The van der Waals surface area contributed by atoms with Gasteiger partial charge in [-0.3, -0.25) is 9.59 Å². The second-order valence-electron chi connectivity index (χ2n) is 7.46. The molecule has 162 valence electrons. The number of furan rings is 1. The number of carbonyl (C=O) groups excluding carboxylic acids is 2. The van der Waals surface area contributed by atoms with Crippen molar-refractivity contribution in [1.82, 2.24) is 14.9 Å². The lowest BCUT2D eigenvalue weighted by Gasteiger charge is -2.32. The fourth-order valence-electron chi connectivity index (χ4n) is 3.72. The van der Waals surface area contributed by atoms with Gasteiger partial charge in [-0.2, -0.15) is 0 Å². The summed E-state index contributed by atoms with van der Waals surface area (Å²) in [6, 6.07) is 11.4. The van der Waals surface area contributed by atoms with E-state index in [4.69, 9.17) is 14.1 Å². The molecule has 0 radical (unpaired) electrons. The average Bonchev–Trinajstić information content (AvgIpc) is 3.34. The van der Waals surface area contributed by atoms with Gasteiger partial charge in [-0.05, 0) is 44.9 Å². The third-order valence-corrected chi connectivity index (χ3v) is 6.46. The molecule has 3 heterocycles. The number of ether oxygens (including phenoxy) is 1. The molecule has 0 aliphatic carbocycles. The van der Waals surface area contributed by atoms with Gasteiger partial charge in [-0.15, -0.1) is 0 Å². The van der Waals surface area contributed by atoms with E-state index in [2.05, 4.69) is 4.98 Å². The van der Waals surface area contributed by atoms with Gasteiger partial charge < -0.3 is 14.1 Å². The highest BCUT2D eigenvalue weighted by Gasteiger charge is 2.30. The van der Waals surface area contributed by atoms with E-state index in [1.54, 1.807) is 12.3 Å². The molecule has 0 bridgehead atoms. The number of hydrogen-bond acceptors (Lipinski definition) is 7. The van der Waals surface area contributed by atoms with Gasteiger partial charge in [-0.1, -0.05) is 30.0 Å². The Balaban J connectivity index is 1.49. The number of benzene rings is 1. The molecule has 1 aliphatic rings. The molecule has 1 aromatic carbocycles. The van der Waals surface area contributed by atoms with Gasteiger partial charge in [0.25, 0.3) is 0 Å². The van der Waals surface area contributed by atoms with Gasteiger partial charge >= 0.3 is 5.97 Å². The topological polar surface area (TPSA) is 85.5 Å². The number of para-hydroxylation sites is 1. The van der Waals surface area contributed by atoms with Crippen LogP contribution in [0.5, 0.6) is 0 Å². The van der Waals surface area contributed by atoms with Crippen LogP contribution in [0.2, 0.25) is 0 Å². The van der Waals surface area contributed by atoms with Crippen molar-refractivity contribution in [2.75, 3.05) is 19.7 Å². The highest BCUT2D eigenvalue weighted by Crippen LogP contribution is 2.32. The number of carbonyl (C=O) groups is 2. The summed E-state index contributed by atoms with van der Waals surface area (Å²) in [6.07, 6.45) is 2.87. The number of amides is 1. The molecule has 1 atom stereocenters. The third-order valence-electron chi connectivity index (χ3n) is 5.37. The lowest BCUT2D eigenvalue weighted by Crippen LogP contribution is -2.43. The fraction of sp³-hybridized carbons (Fsp3) is 0.391. The number of rotatable bonds is 6. The zero-order valence-electron chi connectivity index (χ0n) is 17.6. The minimum atomic E-state index is -0.318. The summed E-state index contributed by atoms with van der Waals surface area (Å²) in [5.41, 5.74) is 0.807. The van der Waals surface area contributed by atoms with Gasteiger partial charge in [0, 0.05) is 18.5 Å². The first-order valence-electron chi connectivity index (χ1n) is 10.5. The minimum Gasteiger partial charge on any atom is -0.466 e. The number of nitrogens with zero attached hydrogens (tertiary/aromatic N) is 3. The van der Waals surface area contributed by atoms with E-state index in [1.165, 1.54) is 11.8 Å². The number of piperidine rings is 1. The summed E-state index contributed by atoms with van der Waals surface area (Å²) in [7, 11) is 0. The van der Waals surface area contributed by atoms with E-state index in [1.807, 2.05) is 49.1 Å². The molecule has 0 N–H and O–H groups in total. The van der Waals surface area contributed by atoms with Crippen LogP contribution in [0.25, 0.3) is 22.5 Å². The highest BCUT2D eigenvalue weighted by atomic mass is 32.2. The van der Waals surface area contributed by atoms with Crippen LogP contribution in [0.3, 0.4) is 0 Å². The molecular weight excluding hydrogens is 414 g/mol. The summed E-state index contributed by atoms with van der Waals surface area (Å²) < 4.78 is 10.6. The first-order chi connectivity index (χ1) is 15.1. The van der Waals surface area contributed by atoms with Crippen molar-refractivity contribution in [3.63, 3.8) is 0 Å². The van der Waals surface area contributed by atoms with E-state index in [0.717, 1.165) is 15.9 Å². The summed E-state index contributed by atoms with van der Waals surface area (Å²) >= 11 is 1.43. The molecule has 1 aliphatic heterocycles. The lowest BCUT2D eigenvalue weighted by molar-refractivity contribution is -0.151. The van der Waals surface area contributed by atoms with Crippen molar-refractivity contribution in [1.29, 1.82) is 0 Å². The molecule has 4 rings (SSSR count). The molecule has 1 unspecified atom stereocenters. The summed E-state index contributed by atoms with van der Waals surface area (Å²) in [5, 5.41) is 1.34. The van der Waals surface area contributed by atoms with Gasteiger partial charge in [0.2, 0.25) is 5.91 Å². The predicted molar refractivity (Wildman–Crippen MR) is 118 cm³/mol. The standard InChI is InChI=1S/C23H25N3O4S/c1-3-29-23(28)16-10-12-26(13-11-16)22(27)15(2)31-21-17-7-4-5-8-18(17)24-20(25-21)19-9-6-14-30-19/h4-9,14-16H,3,10-13H2,1-2H3. The Kier molecular flexibility index (Phi) is 6.56. The summed E-state index contributed by atoms with van der Waals surface area (Å²) in [5.74, 6) is 0.867. The molecule has 7 nitrogen and oxygen atoms in total. The zero-order valence-corrected chi connectivity index (χ0v) is 18.4. The molecule has 31 heavy (non-hydrogen) atoms. The smallest absolute Gasteiger partial charge is 0.309 e. The van der Waals surface area contributed by atoms with E-state index < -0.39 is 0 Å². The number of thioether (sulfide) groups is 1. The maximum atomic E-state index is 13.1. The third kappa shape index (κ3) is 4.74. The number of likely N-dealkylation sites (tertiary alicyclic amines) is 1. The van der Waals surface area contributed by atoms with Crippen LogP contribution in [0.4, 0.5) is 0 Å². The molecular formula is C23H25N3O4S. The number of esters is 1. The van der Waals surface area contributed by atoms with Crippen LogP contribution < -0.4 is 0 Å². The van der Waals surface area contributed by atoms with Crippen LogP contribution >= 0.6 is 11.8 Å². The molecule has 8 heteroatoms. The Morgan fingerprint density at radius 3 is 2.68 bits per heavy atom. The Bertz CT molecular complexity index is 1060. The fourth-order valence-corrected chi connectivity index (χ4v) is 4.75. The van der Waals surface area contributed by atoms with Crippen molar-refractivity contribution in [2.45, 2.75) is 37.0 Å². The Morgan fingerprint density at radius 1 is 1.19 bits per heavy atom. The van der Waals surface area contributed by atoms with Crippen LogP contribution in [0.15, 0.2) is 52.1 Å². The van der Waals surface area contributed by atoms with Crippen molar-refractivity contribution in [3.8, 4) is 11.6 Å².